The minimum Gasteiger partial charge on any atom is -0.0533 e. The van der Waals surface area contributed by atoms with Crippen LogP contribution in [0, 0.1) is 12.8 Å². The van der Waals surface area contributed by atoms with E-state index in [9.17, 15) is 0 Å². The molecule has 1 aliphatic rings. The van der Waals surface area contributed by atoms with Gasteiger partial charge in [0, 0.05) is 1.37 Å². The molecule has 1 rings (SSSR count). The molecule has 8 heavy (non-hydrogen) atoms. The summed E-state index contributed by atoms with van der Waals surface area (Å²) in [6.45, 7) is 1.57. The van der Waals surface area contributed by atoms with E-state index >= 15 is 0 Å². The fourth-order valence-corrected chi connectivity index (χ4v) is 1.42. The predicted octanol–water partition coefficient (Wildman–Crippen LogP) is 2.79. The minimum atomic E-state index is 0.858. The first-order valence-electron chi connectivity index (χ1n) is 4.21. The van der Waals surface area contributed by atoms with Gasteiger partial charge in [0.15, 0.2) is 0 Å². The van der Waals surface area contributed by atoms with Crippen LogP contribution in [0.5, 0.6) is 0 Å². The van der Waals surface area contributed by atoms with E-state index in [1.807, 2.05) is 0 Å². The Morgan fingerprint density at radius 3 is 2.75 bits per heavy atom. The van der Waals surface area contributed by atoms with E-state index in [0.29, 0.717) is 0 Å². The average molecular weight is 112 g/mol. The van der Waals surface area contributed by atoms with Gasteiger partial charge in [-0.2, -0.15) is 0 Å². The van der Waals surface area contributed by atoms with Crippen molar-refractivity contribution in [3.63, 3.8) is 0 Å². The van der Waals surface area contributed by atoms with Crippen molar-refractivity contribution in [2.24, 2.45) is 5.92 Å². The zero-order valence-corrected chi connectivity index (χ0v) is 5.40. The molecular formula is C8H15. The van der Waals surface area contributed by atoms with Crippen molar-refractivity contribution in [3.05, 3.63) is 6.90 Å². The number of rotatable bonds is 2. The lowest BCUT2D eigenvalue weighted by Crippen LogP contribution is -2.03. The molecule has 0 aromatic rings. The van der Waals surface area contributed by atoms with Crippen LogP contribution in [0.2, 0.25) is 0 Å². The number of hydrogen-bond acceptors (Lipinski definition) is 0. The van der Waals surface area contributed by atoms with E-state index in [0.717, 1.165) is 12.3 Å². The smallest absolute Gasteiger partial charge is 0.0267 e. The lowest BCUT2D eigenvalue weighted by Gasteiger charge is -2.18. The lowest BCUT2D eigenvalue weighted by atomic mass is 9.88. The summed E-state index contributed by atoms with van der Waals surface area (Å²) in [5.74, 6) is 0.858. The molecule has 0 heteroatoms. The highest BCUT2D eigenvalue weighted by Crippen LogP contribution is 2.25. The van der Waals surface area contributed by atoms with Crippen LogP contribution < -0.4 is 0 Å². The summed E-state index contributed by atoms with van der Waals surface area (Å²) in [6, 6.07) is 0. The minimum absolute atomic E-state index is 0.858. The van der Waals surface area contributed by atoms with Crippen LogP contribution in [-0.4, -0.2) is 0 Å². The maximum absolute atomic E-state index is 6.91. The third-order valence-electron chi connectivity index (χ3n) is 2.06. The molecule has 1 saturated carbocycles. The molecule has 0 bridgehead atoms. The third-order valence-corrected chi connectivity index (χ3v) is 2.06. The zero-order chi connectivity index (χ0) is 6.53. The molecule has 1 radical (unpaired) electrons. The predicted molar refractivity (Wildman–Crippen MR) is 36.5 cm³/mol. The summed E-state index contributed by atoms with van der Waals surface area (Å²) in [5, 5.41) is 0. The van der Waals surface area contributed by atoms with Crippen LogP contribution in [0.15, 0.2) is 0 Å². The molecular weight excluding hydrogens is 96.1 g/mol. The molecule has 0 nitrogen and oxygen atoms in total. The average Bonchev–Trinajstić information content (AvgIpc) is 1.91. The third kappa shape index (κ3) is 1.50. The molecule has 47 valence electrons. The lowest BCUT2D eigenvalue weighted by molar-refractivity contribution is 0.360. The topological polar surface area (TPSA) is 0 Å². The second-order valence-corrected chi connectivity index (χ2v) is 2.74. The molecule has 0 saturated heterocycles. The summed E-state index contributed by atoms with van der Waals surface area (Å²) in [5.41, 5.74) is 0. The van der Waals surface area contributed by atoms with Crippen LogP contribution >= 0.6 is 0 Å². The van der Waals surface area contributed by atoms with Gasteiger partial charge in [-0.05, 0) is 5.92 Å². The van der Waals surface area contributed by atoms with Crippen molar-refractivity contribution < 1.29 is 1.37 Å². The number of hydrogen-bond donors (Lipinski definition) is 0. The Morgan fingerprint density at radius 1 is 1.38 bits per heavy atom. The van der Waals surface area contributed by atoms with Crippen LogP contribution in [-0.2, 0) is 0 Å². The Balaban J connectivity index is 2.08. The Labute approximate surface area is 53.7 Å². The summed E-state index contributed by atoms with van der Waals surface area (Å²) in [6.07, 6.45) is 8.00. The van der Waals surface area contributed by atoms with Gasteiger partial charge < -0.3 is 0 Å². The van der Waals surface area contributed by atoms with E-state index in [4.69, 9.17) is 1.37 Å². The Morgan fingerprint density at radius 2 is 2.12 bits per heavy atom. The van der Waals surface area contributed by atoms with E-state index in [2.05, 4.69) is 0 Å². The molecule has 0 unspecified atom stereocenters. The second-order valence-electron chi connectivity index (χ2n) is 2.74. The van der Waals surface area contributed by atoms with Gasteiger partial charge in [-0.25, -0.2) is 0 Å². The largest absolute Gasteiger partial charge is 0.0533 e. The quantitative estimate of drug-likeness (QED) is 0.515. The van der Waals surface area contributed by atoms with Gasteiger partial charge in [0.1, 0.15) is 0 Å². The molecule has 0 aromatic heterocycles. The van der Waals surface area contributed by atoms with Crippen molar-refractivity contribution in [1.82, 2.24) is 0 Å². The first-order chi connectivity index (χ1) is 4.43. The van der Waals surface area contributed by atoms with Crippen LogP contribution in [0.1, 0.15) is 39.9 Å². The molecule has 0 aliphatic heterocycles. The van der Waals surface area contributed by atoms with Gasteiger partial charge in [0.05, 0.1) is 0 Å². The van der Waals surface area contributed by atoms with Gasteiger partial charge >= 0.3 is 0 Å². The maximum Gasteiger partial charge on any atom is 0.0267 e. The van der Waals surface area contributed by atoms with E-state index in [1.165, 1.54) is 32.1 Å². The van der Waals surface area contributed by atoms with Crippen molar-refractivity contribution in [2.45, 2.75) is 38.5 Å². The first-order valence-corrected chi connectivity index (χ1v) is 3.63. The maximum atomic E-state index is 6.91. The highest BCUT2D eigenvalue weighted by molar-refractivity contribution is 4.65. The SMILES string of the molecule is [2H][CH]CC1CCCCC1. The van der Waals surface area contributed by atoms with Gasteiger partial charge in [-0.1, -0.05) is 45.4 Å². The fraction of sp³-hybridized carbons (Fsp3) is 0.875. The monoisotopic (exact) mass is 112 g/mol. The molecule has 0 aromatic carbocycles. The standard InChI is InChI=1S/C8H15/c1-2-8-6-4-3-5-7-8/h8H,1-7H2/i1D. The van der Waals surface area contributed by atoms with Gasteiger partial charge in [-0.15, -0.1) is 0 Å². The molecule has 0 spiro atoms. The first kappa shape index (κ1) is 4.84. The van der Waals surface area contributed by atoms with Crippen molar-refractivity contribution in [2.75, 3.05) is 0 Å². The molecule has 0 atom stereocenters. The Kier molecular flexibility index (Phi) is 1.88. The molecule has 0 heterocycles. The highest BCUT2D eigenvalue weighted by atomic mass is 14.2. The van der Waals surface area contributed by atoms with Gasteiger partial charge in [0.25, 0.3) is 0 Å². The Hall–Kier alpha value is 0. The molecule has 1 fully saturated rings. The normalized spacial score (nSPS) is 25.2. The van der Waals surface area contributed by atoms with E-state index in [1.54, 1.807) is 6.90 Å². The Bertz CT molecular complexity index is 62.2. The van der Waals surface area contributed by atoms with Crippen LogP contribution in [0.3, 0.4) is 0 Å². The van der Waals surface area contributed by atoms with Gasteiger partial charge in [-0.3, -0.25) is 0 Å². The highest BCUT2D eigenvalue weighted by Gasteiger charge is 2.09. The van der Waals surface area contributed by atoms with Crippen LogP contribution in [0.4, 0.5) is 0 Å². The summed E-state index contributed by atoms with van der Waals surface area (Å²) >= 11 is 0. The van der Waals surface area contributed by atoms with Gasteiger partial charge in [0.2, 0.25) is 0 Å². The van der Waals surface area contributed by atoms with Crippen molar-refractivity contribution >= 4 is 0 Å². The summed E-state index contributed by atoms with van der Waals surface area (Å²) in [4.78, 5) is 0. The van der Waals surface area contributed by atoms with Crippen molar-refractivity contribution in [3.8, 4) is 0 Å². The molecule has 0 amide bonds. The summed E-state index contributed by atoms with van der Waals surface area (Å²) in [7, 11) is 0. The van der Waals surface area contributed by atoms with Crippen molar-refractivity contribution in [1.29, 1.82) is 0 Å². The molecule has 0 N–H and O–H groups in total. The molecule has 1 aliphatic carbocycles. The fourth-order valence-electron chi connectivity index (χ4n) is 1.42. The van der Waals surface area contributed by atoms with Crippen LogP contribution in [0.25, 0.3) is 0 Å². The zero-order valence-electron chi connectivity index (χ0n) is 6.40. The summed E-state index contributed by atoms with van der Waals surface area (Å²) < 4.78 is 6.91. The van der Waals surface area contributed by atoms with E-state index in [-0.39, 0.29) is 0 Å². The van der Waals surface area contributed by atoms with E-state index < -0.39 is 0 Å². The second kappa shape index (κ2) is 3.11.